The molecule has 0 radical (unpaired) electrons. The number of carbonyl (C=O) groups is 3. The van der Waals surface area contributed by atoms with E-state index in [1.807, 2.05) is 0 Å². The Morgan fingerprint density at radius 1 is 0.724 bits per heavy atom. The van der Waals surface area contributed by atoms with E-state index in [1.165, 1.54) is 0 Å². The van der Waals surface area contributed by atoms with Gasteiger partial charge in [-0.05, 0) is 50.5 Å². The summed E-state index contributed by atoms with van der Waals surface area (Å²) >= 11 is 7.13. The Kier molecular flexibility index (Phi) is 6.12. The van der Waals surface area contributed by atoms with Gasteiger partial charge in [0.2, 0.25) is 0 Å². The topological polar surface area (TPSA) is 74.3 Å². The van der Waals surface area contributed by atoms with Crippen molar-refractivity contribution in [2.75, 3.05) is 0 Å². The van der Waals surface area contributed by atoms with Gasteiger partial charge in [0.15, 0.2) is 17.3 Å². The highest BCUT2D eigenvalue weighted by atomic mass is 79.9. The molecule has 0 aromatic heterocycles. The Morgan fingerprint density at radius 2 is 1.31 bits per heavy atom. The van der Waals surface area contributed by atoms with Gasteiger partial charge < -0.3 is 5.11 Å². The zero-order chi connectivity index (χ0) is 20.7. The minimum atomic E-state index is -0.193. The number of halogens is 2. The van der Waals surface area contributed by atoms with Gasteiger partial charge in [-0.2, -0.15) is 0 Å². The van der Waals surface area contributed by atoms with Gasteiger partial charge in [-0.25, -0.2) is 0 Å². The van der Waals surface area contributed by atoms with Gasteiger partial charge >= 0.3 is 0 Å². The first-order valence-electron chi connectivity index (χ1n) is 10.3. The van der Waals surface area contributed by atoms with Crippen molar-refractivity contribution in [1.82, 2.24) is 0 Å². The average molecular weight is 523 g/mol. The summed E-state index contributed by atoms with van der Waals surface area (Å²) < 4.78 is 0. The number of hydrogen-bond donors (Lipinski definition) is 0. The van der Waals surface area contributed by atoms with Crippen molar-refractivity contribution in [2.24, 2.45) is 23.7 Å². The maximum absolute atomic E-state index is 12.6. The van der Waals surface area contributed by atoms with Crippen LogP contribution >= 0.6 is 31.9 Å². The first kappa shape index (κ1) is 21.0. The lowest BCUT2D eigenvalue weighted by Gasteiger charge is -2.31. The predicted molar refractivity (Wildman–Crippen MR) is 116 cm³/mol. The monoisotopic (exact) mass is 521 g/mol. The van der Waals surface area contributed by atoms with Crippen LogP contribution in [0.4, 0.5) is 0 Å². The van der Waals surface area contributed by atoms with Crippen LogP contribution in [0.5, 0.6) is 0 Å². The highest BCUT2D eigenvalue weighted by Gasteiger charge is 2.47. The summed E-state index contributed by atoms with van der Waals surface area (Å²) in [5.41, 5.74) is 0.558. The second-order valence-electron chi connectivity index (χ2n) is 8.44. The quantitative estimate of drug-likeness (QED) is 0.245. The molecule has 4 nitrogen and oxygen atoms in total. The van der Waals surface area contributed by atoms with Gasteiger partial charge in [-0.1, -0.05) is 56.2 Å². The number of ketones is 3. The molecule has 0 aliphatic heterocycles. The van der Waals surface area contributed by atoms with E-state index in [4.69, 9.17) is 0 Å². The maximum atomic E-state index is 12.6. The average Bonchev–Trinajstić information content (AvgIpc) is 3.07. The summed E-state index contributed by atoms with van der Waals surface area (Å²) in [7, 11) is 0. The van der Waals surface area contributed by atoms with Crippen LogP contribution in [-0.4, -0.2) is 27.0 Å². The van der Waals surface area contributed by atoms with Crippen LogP contribution in [0.15, 0.2) is 47.3 Å². The van der Waals surface area contributed by atoms with Crippen molar-refractivity contribution in [3.8, 4) is 0 Å². The molecule has 6 heteroatoms. The summed E-state index contributed by atoms with van der Waals surface area (Å²) in [6.45, 7) is 0. The molecule has 4 aliphatic rings. The standard InChI is InChI=1S/C23H24Br2O4/c24-12-6-8-14-18(10-12)22(28)16(20(14)26)4-2-1-3-5-17-21(27)15-9-7-13(25)11-19(15)23(17)29/h1-5,12-15,18-19,28H,6-11H2/p-1. The molecule has 4 rings (SSSR count). The fourth-order valence-corrected chi connectivity index (χ4v) is 6.52. The Morgan fingerprint density at radius 3 is 2.00 bits per heavy atom. The third-order valence-electron chi connectivity index (χ3n) is 6.73. The van der Waals surface area contributed by atoms with E-state index in [0.717, 1.165) is 38.5 Å². The van der Waals surface area contributed by atoms with E-state index in [0.29, 0.717) is 9.65 Å². The summed E-state index contributed by atoms with van der Waals surface area (Å²) in [6, 6.07) is 0. The predicted octanol–water partition coefficient (Wildman–Crippen LogP) is 3.73. The number of fused-ring (bicyclic) bond motifs is 2. The molecule has 6 unspecified atom stereocenters. The normalized spacial score (nSPS) is 39.2. The van der Waals surface area contributed by atoms with Gasteiger partial charge in [-0.3, -0.25) is 14.4 Å². The zero-order valence-corrected chi connectivity index (χ0v) is 19.2. The van der Waals surface area contributed by atoms with Crippen molar-refractivity contribution in [3.05, 3.63) is 47.3 Å². The van der Waals surface area contributed by atoms with Crippen LogP contribution in [0.25, 0.3) is 0 Å². The largest absolute Gasteiger partial charge is 0.875 e. The fraction of sp³-hybridized carbons (Fsp3) is 0.522. The van der Waals surface area contributed by atoms with E-state index in [1.54, 1.807) is 30.4 Å². The molecule has 0 N–H and O–H groups in total. The van der Waals surface area contributed by atoms with Crippen LogP contribution in [0.2, 0.25) is 0 Å². The number of rotatable bonds is 3. The Hall–Kier alpha value is -1.27. The van der Waals surface area contributed by atoms with Gasteiger partial charge in [0.1, 0.15) is 0 Å². The molecule has 0 amide bonds. The molecule has 4 aliphatic carbocycles. The van der Waals surface area contributed by atoms with Crippen LogP contribution < -0.4 is 5.11 Å². The van der Waals surface area contributed by atoms with Gasteiger partial charge in [-0.15, -0.1) is 5.76 Å². The molecule has 0 aromatic carbocycles. The van der Waals surface area contributed by atoms with E-state index < -0.39 is 0 Å². The van der Waals surface area contributed by atoms with Crippen LogP contribution in [0, 0.1) is 23.7 Å². The second-order valence-corrected chi connectivity index (χ2v) is 11.0. The summed E-state index contributed by atoms with van der Waals surface area (Å²) in [5, 5.41) is 12.6. The zero-order valence-electron chi connectivity index (χ0n) is 16.0. The second kappa shape index (κ2) is 8.46. The highest BCUT2D eigenvalue weighted by Crippen LogP contribution is 2.44. The van der Waals surface area contributed by atoms with Gasteiger partial charge in [0.05, 0.1) is 5.57 Å². The molecule has 0 saturated heterocycles. The molecule has 0 heterocycles. The first-order chi connectivity index (χ1) is 13.9. The molecular formula is C23H23Br2O4-. The lowest BCUT2D eigenvalue weighted by molar-refractivity contribution is -0.316. The first-order valence-corrected chi connectivity index (χ1v) is 12.1. The highest BCUT2D eigenvalue weighted by molar-refractivity contribution is 9.09. The smallest absolute Gasteiger partial charge is 0.170 e. The molecule has 0 aromatic rings. The Balaban J connectivity index is 1.44. The summed E-state index contributed by atoms with van der Waals surface area (Å²) in [5.74, 6) is -0.921. The van der Waals surface area contributed by atoms with Crippen molar-refractivity contribution >= 4 is 49.2 Å². The van der Waals surface area contributed by atoms with Crippen molar-refractivity contribution in [1.29, 1.82) is 0 Å². The van der Waals surface area contributed by atoms with Crippen LogP contribution in [0.3, 0.4) is 0 Å². The summed E-state index contributed by atoms with van der Waals surface area (Å²) in [4.78, 5) is 38.2. The van der Waals surface area contributed by atoms with Crippen molar-refractivity contribution < 1.29 is 19.5 Å². The molecule has 6 atom stereocenters. The molecule has 3 saturated carbocycles. The third kappa shape index (κ3) is 3.90. The van der Waals surface area contributed by atoms with Crippen molar-refractivity contribution in [3.63, 3.8) is 0 Å². The van der Waals surface area contributed by atoms with Crippen LogP contribution in [0.1, 0.15) is 38.5 Å². The number of hydrogen-bond acceptors (Lipinski definition) is 4. The van der Waals surface area contributed by atoms with E-state index in [-0.39, 0.29) is 57.9 Å². The van der Waals surface area contributed by atoms with E-state index in [2.05, 4.69) is 31.9 Å². The minimum absolute atomic E-state index is 0.0445. The van der Waals surface area contributed by atoms with Gasteiger partial charge in [0.25, 0.3) is 0 Å². The van der Waals surface area contributed by atoms with Crippen LogP contribution in [-0.2, 0) is 14.4 Å². The Labute approximate surface area is 187 Å². The maximum Gasteiger partial charge on any atom is 0.170 e. The Bertz CT molecular complexity index is 866. The number of carbonyl (C=O) groups excluding carboxylic acids is 3. The number of Topliss-reactive ketones (excluding diaryl/α,β-unsaturated/α-hetero) is 3. The SMILES string of the molecule is O=C1C(=CC=CC=CC2=C([O-])C3CC(Br)CCC3C2=O)C(=O)C2CC(Br)CCC12. The van der Waals surface area contributed by atoms with Gasteiger partial charge in [0, 0.05) is 33.0 Å². The third-order valence-corrected chi connectivity index (χ3v) is 8.39. The van der Waals surface area contributed by atoms with E-state index in [9.17, 15) is 19.5 Å². The molecule has 0 bridgehead atoms. The molecule has 0 spiro atoms. The fourth-order valence-electron chi connectivity index (χ4n) is 5.18. The molecule has 29 heavy (non-hydrogen) atoms. The molecule has 3 fully saturated rings. The lowest BCUT2D eigenvalue weighted by Crippen LogP contribution is -2.29. The minimum Gasteiger partial charge on any atom is -0.875 e. The van der Waals surface area contributed by atoms with Crippen molar-refractivity contribution in [2.45, 2.75) is 48.2 Å². The lowest BCUT2D eigenvalue weighted by atomic mass is 9.80. The molecular weight excluding hydrogens is 500 g/mol. The van der Waals surface area contributed by atoms with E-state index >= 15 is 0 Å². The number of allylic oxidation sites excluding steroid dienone is 8. The molecule has 154 valence electrons. The summed E-state index contributed by atoms with van der Waals surface area (Å²) in [6.07, 6.45) is 12.9. The number of alkyl halides is 2.